The first kappa shape index (κ1) is 5.87. The number of allylic oxidation sites excluding steroid dienone is 2. The van der Waals surface area contributed by atoms with Gasteiger partial charge in [-0.3, -0.25) is 0 Å². The fourth-order valence-corrected chi connectivity index (χ4v) is 1.39. The molecule has 0 aliphatic heterocycles. The Morgan fingerprint density at radius 3 is 1.75 bits per heavy atom. The van der Waals surface area contributed by atoms with E-state index in [9.17, 15) is 0 Å². The van der Waals surface area contributed by atoms with Gasteiger partial charge in [-0.15, -0.1) is 0 Å². The van der Waals surface area contributed by atoms with Crippen LogP contribution in [-0.4, -0.2) is 0 Å². The normalized spacial score (nSPS) is 22.6. The van der Waals surface area contributed by atoms with Gasteiger partial charge in [0.2, 0.25) is 0 Å². The summed E-state index contributed by atoms with van der Waals surface area (Å²) in [5.74, 6) is 0. The van der Waals surface area contributed by atoms with Crippen molar-refractivity contribution in [2.75, 3.05) is 0 Å². The van der Waals surface area contributed by atoms with E-state index in [1.807, 2.05) is 0 Å². The molecule has 0 spiro atoms. The van der Waals surface area contributed by atoms with E-state index in [-0.39, 0.29) is 0 Å². The quantitative estimate of drug-likeness (QED) is 0.479. The van der Waals surface area contributed by atoms with Gasteiger partial charge >= 0.3 is 0 Å². The average molecular weight is 110 g/mol. The van der Waals surface area contributed by atoms with Crippen molar-refractivity contribution in [2.24, 2.45) is 5.41 Å². The molecule has 0 aromatic rings. The maximum absolute atomic E-state index is 2.38. The topological polar surface area (TPSA) is 0 Å². The third-order valence-electron chi connectivity index (χ3n) is 2.46. The van der Waals surface area contributed by atoms with Gasteiger partial charge in [0.15, 0.2) is 0 Å². The van der Waals surface area contributed by atoms with Crippen molar-refractivity contribution in [3.8, 4) is 0 Å². The lowest BCUT2D eigenvalue weighted by molar-refractivity contribution is 0.510. The van der Waals surface area contributed by atoms with E-state index in [0.29, 0.717) is 5.41 Å². The molecule has 0 amide bonds. The van der Waals surface area contributed by atoms with Crippen LogP contribution < -0.4 is 0 Å². The smallest absolute Gasteiger partial charge is 0.00859 e. The van der Waals surface area contributed by atoms with Crippen molar-refractivity contribution < 1.29 is 0 Å². The molecule has 0 unspecified atom stereocenters. The van der Waals surface area contributed by atoms with Crippen LogP contribution >= 0.6 is 0 Å². The minimum atomic E-state index is 0.583. The highest BCUT2D eigenvalue weighted by atomic mass is 14.4. The van der Waals surface area contributed by atoms with Crippen LogP contribution in [0.2, 0.25) is 0 Å². The summed E-state index contributed by atoms with van der Waals surface area (Å²) in [6.45, 7) is 6.75. The van der Waals surface area contributed by atoms with Crippen molar-refractivity contribution >= 4 is 0 Å². The average Bonchev–Trinajstić information content (AvgIpc) is 2.43. The Balaban J connectivity index is 2.44. The first-order valence-electron chi connectivity index (χ1n) is 3.45. The molecule has 8 heavy (non-hydrogen) atoms. The Kier molecular flexibility index (Phi) is 1.18. The van der Waals surface area contributed by atoms with Gasteiger partial charge in [-0.1, -0.05) is 25.5 Å². The minimum Gasteiger partial charge on any atom is -0.0745 e. The molecule has 0 radical (unpaired) electrons. The van der Waals surface area contributed by atoms with E-state index in [1.165, 1.54) is 12.8 Å². The second-order valence-corrected chi connectivity index (χ2v) is 2.69. The third-order valence-corrected chi connectivity index (χ3v) is 2.46. The molecule has 0 fully saturated rings. The van der Waals surface area contributed by atoms with E-state index in [2.05, 4.69) is 26.8 Å². The lowest BCUT2D eigenvalue weighted by Crippen LogP contribution is -1.98. The summed E-state index contributed by atoms with van der Waals surface area (Å²) in [5.41, 5.74) is 2.18. The Morgan fingerprint density at radius 2 is 1.75 bits per heavy atom. The molecule has 1 aliphatic rings. The molecule has 0 aromatic heterocycles. The summed E-state index contributed by atoms with van der Waals surface area (Å²) in [5, 5.41) is 0. The van der Waals surface area contributed by atoms with Crippen molar-refractivity contribution in [2.45, 2.75) is 33.6 Å². The van der Waals surface area contributed by atoms with Gasteiger partial charge in [0.05, 0.1) is 0 Å². The highest BCUT2D eigenvalue weighted by molar-refractivity contribution is 5.35. The van der Waals surface area contributed by atoms with Crippen molar-refractivity contribution in [3.05, 3.63) is 11.6 Å². The van der Waals surface area contributed by atoms with Gasteiger partial charge in [0.1, 0.15) is 0 Å². The predicted octanol–water partition coefficient (Wildman–Crippen LogP) is 2.75. The Bertz CT molecular complexity index is 116. The Labute approximate surface area is 51.6 Å². The molecule has 0 N–H and O–H groups in total. The first-order valence-corrected chi connectivity index (χ1v) is 3.45. The SMILES string of the molecule is CCC1(CC)C=C1C. The standard InChI is InChI=1S/C8H14/c1-4-8(5-2)6-7(8)3/h6H,4-5H2,1-3H3. The van der Waals surface area contributed by atoms with Gasteiger partial charge in [-0.2, -0.15) is 0 Å². The lowest BCUT2D eigenvalue weighted by Gasteiger charge is -2.09. The van der Waals surface area contributed by atoms with Crippen molar-refractivity contribution in [3.63, 3.8) is 0 Å². The second-order valence-electron chi connectivity index (χ2n) is 2.69. The van der Waals surface area contributed by atoms with Crippen LogP contribution in [0.3, 0.4) is 0 Å². The zero-order chi connectivity index (χ0) is 6.20. The maximum Gasteiger partial charge on any atom is 0.00859 e. The molecular formula is C8H14. The zero-order valence-electron chi connectivity index (χ0n) is 5.99. The third kappa shape index (κ3) is 0.594. The molecular weight excluding hydrogens is 96.1 g/mol. The molecule has 0 bridgehead atoms. The van der Waals surface area contributed by atoms with Gasteiger partial charge in [0, 0.05) is 5.41 Å². The fraction of sp³-hybridized carbons (Fsp3) is 0.750. The number of hydrogen-bond donors (Lipinski definition) is 0. The molecule has 0 heteroatoms. The molecule has 1 aliphatic carbocycles. The Morgan fingerprint density at radius 1 is 1.38 bits per heavy atom. The maximum atomic E-state index is 2.38. The summed E-state index contributed by atoms with van der Waals surface area (Å²) in [6, 6.07) is 0. The number of rotatable bonds is 2. The van der Waals surface area contributed by atoms with Crippen molar-refractivity contribution in [1.29, 1.82) is 0 Å². The van der Waals surface area contributed by atoms with Crippen molar-refractivity contribution in [1.82, 2.24) is 0 Å². The van der Waals surface area contributed by atoms with Crippen LogP contribution in [0.4, 0.5) is 0 Å². The van der Waals surface area contributed by atoms with E-state index in [1.54, 1.807) is 5.57 Å². The van der Waals surface area contributed by atoms with Gasteiger partial charge in [0.25, 0.3) is 0 Å². The lowest BCUT2D eigenvalue weighted by atomic mass is 9.94. The predicted molar refractivity (Wildman–Crippen MR) is 36.8 cm³/mol. The van der Waals surface area contributed by atoms with Crippen LogP contribution in [0, 0.1) is 5.41 Å². The Hall–Kier alpha value is -0.260. The van der Waals surface area contributed by atoms with E-state index in [4.69, 9.17) is 0 Å². The fourth-order valence-electron chi connectivity index (χ4n) is 1.39. The van der Waals surface area contributed by atoms with Gasteiger partial charge < -0.3 is 0 Å². The minimum absolute atomic E-state index is 0.583. The molecule has 0 nitrogen and oxygen atoms in total. The summed E-state index contributed by atoms with van der Waals surface area (Å²) >= 11 is 0. The van der Waals surface area contributed by atoms with Crippen LogP contribution in [0.5, 0.6) is 0 Å². The van der Waals surface area contributed by atoms with Gasteiger partial charge in [-0.05, 0) is 19.8 Å². The zero-order valence-corrected chi connectivity index (χ0v) is 5.99. The van der Waals surface area contributed by atoms with E-state index < -0.39 is 0 Å². The van der Waals surface area contributed by atoms with Crippen LogP contribution in [-0.2, 0) is 0 Å². The first-order chi connectivity index (χ1) is 3.75. The molecule has 0 atom stereocenters. The summed E-state index contributed by atoms with van der Waals surface area (Å²) < 4.78 is 0. The van der Waals surface area contributed by atoms with Gasteiger partial charge in [-0.25, -0.2) is 0 Å². The largest absolute Gasteiger partial charge is 0.0745 e. The molecule has 0 aromatic carbocycles. The molecule has 0 heterocycles. The number of hydrogen-bond acceptors (Lipinski definition) is 0. The summed E-state index contributed by atoms with van der Waals surface area (Å²) in [7, 11) is 0. The second kappa shape index (κ2) is 1.61. The highest BCUT2D eigenvalue weighted by Crippen LogP contribution is 2.49. The highest BCUT2D eigenvalue weighted by Gasteiger charge is 2.36. The van der Waals surface area contributed by atoms with Crippen LogP contribution in [0.15, 0.2) is 11.6 Å². The molecule has 0 saturated heterocycles. The van der Waals surface area contributed by atoms with Crippen LogP contribution in [0.25, 0.3) is 0 Å². The molecule has 46 valence electrons. The molecule has 0 saturated carbocycles. The summed E-state index contributed by atoms with van der Waals surface area (Å²) in [4.78, 5) is 0. The van der Waals surface area contributed by atoms with E-state index >= 15 is 0 Å². The van der Waals surface area contributed by atoms with E-state index in [0.717, 1.165) is 0 Å². The monoisotopic (exact) mass is 110 g/mol. The summed E-state index contributed by atoms with van der Waals surface area (Å²) in [6.07, 6.45) is 4.98. The molecule has 1 rings (SSSR count). The van der Waals surface area contributed by atoms with Crippen LogP contribution in [0.1, 0.15) is 33.6 Å².